The van der Waals surface area contributed by atoms with Crippen LogP contribution in [-0.4, -0.2) is 27.8 Å². The van der Waals surface area contributed by atoms with E-state index in [1.165, 1.54) is 25.0 Å². The van der Waals surface area contributed by atoms with Crippen molar-refractivity contribution in [1.82, 2.24) is 9.97 Å². The number of ether oxygens (including phenoxy) is 1. The first kappa shape index (κ1) is 24.6. The number of allylic oxidation sites excluding steroid dienone is 1. The molecule has 33 heavy (non-hydrogen) atoms. The van der Waals surface area contributed by atoms with Crippen LogP contribution in [0, 0.1) is 5.82 Å². The summed E-state index contributed by atoms with van der Waals surface area (Å²) >= 11 is 0. The van der Waals surface area contributed by atoms with Crippen LogP contribution < -0.4 is 0 Å². The van der Waals surface area contributed by atoms with Gasteiger partial charge in [-0.3, -0.25) is 0 Å². The second-order valence-corrected chi connectivity index (χ2v) is 8.30. The summed E-state index contributed by atoms with van der Waals surface area (Å²) in [6.45, 7) is 5.21. The van der Waals surface area contributed by atoms with Gasteiger partial charge in [-0.2, -0.15) is 0 Å². The van der Waals surface area contributed by atoms with Crippen molar-refractivity contribution in [2.75, 3.05) is 6.61 Å². The predicted octanol–water partition coefficient (Wildman–Crippen LogP) is 7.43. The number of halogens is 1. The van der Waals surface area contributed by atoms with Crippen LogP contribution in [0.15, 0.2) is 60.9 Å². The van der Waals surface area contributed by atoms with Crippen molar-refractivity contribution >= 4 is 6.08 Å². The van der Waals surface area contributed by atoms with Crippen molar-refractivity contribution < 1.29 is 14.2 Å². The molecule has 174 valence electrons. The SMILES string of the molecule is CCCCCOC(C)CCC/C=C/c1ncc(-c2ccc(-c3ccc(O)c(F)c3)cc2)cn1. The number of phenols is 1. The molecule has 0 aliphatic heterocycles. The average molecular weight is 449 g/mol. The van der Waals surface area contributed by atoms with Gasteiger partial charge in [0.1, 0.15) is 0 Å². The molecule has 0 aliphatic carbocycles. The molecule has 0 fully saturated rings. The molecule has 5 heteroatoms. The Hall–Kier alpha value is -3.05. The molecule has 1 heterocycles. The number of unbranched alkanes of at least 4 members (excludes halogenated alkanes) is 3. The smallest absolute Gasteiger partial charge is 0.165 e. The normalized spacial score (nSPS) is 12.3. The summed E-state index contributed by atoms with van der Waals surface area (Å²) in [4.78, 5) is 8.90. The summed E-state index contributed by atoms with van der Waals surface area (Å²) in [5.74, 6) is -0.277. The van der Waals surface area contributed by atoms with Gasteiger partial charge in [-0.05, 0) is 67.5 Å². The fourth-order valence-electron chi connectivity index (χ4n) is 3.55. The van der Waals surface area contributed by atoms with Gasteiger partial charge in [-0.1, -0.05) is 56.2 Å². The zero-order valence-electron chi connectivity index (χ0n) is 19.5. The minimum Gasteiger partial charge on any atom is -0.505 e. The van der Waals surface area contributed by atoms with Gasteiger partial charge in [0.25, 0.3) is 0 Å². The van der Waals surface area contributed by atoms with Crippen LogP contribution in [-0.2, 0) is 4.74 Å². The van der Waals surface area contributed by atoms with Crippen molar-refractivity contribution in [2.45, 2.75) is 58.5 Å². The maximum atomic E-state index is 13.6. The number of phenolic OH excluding ortho intramolecular Hbond substituents is 1. The summed E-state index contributed by atoms with van der Waals surface area (Å²) in [7, 11) is 0. The number of nitrogens with zero attached hydrogens (tertiary/aromatic N) is 2. The molecule has 2 aromatic carbocycles. The van der Waals surface area contributed by atoms with E-state index in [1.807, 2.05) is 42.7 Å². The maximum absolute atomic E-state index is 13.6. The number of hydrogen-bond donors (Lipinski definition) is 1. The van der Waals surface area contributed by atoms with Crippen LogP contribution in [0.4, 0.5) is 4.39 Å². The van der Waals surface area contributed by atoms with Crippen molar-refractivity contribution in [3.05, 3.63) is 72.6 Å². The van der Waals surface area contributed by atoms with E-state index in [0.29, 0.717) is 17.5 Å². The molecule has 1 N–H and O–H groups in total. The molecular weight excluding hydrogens is 415 g/mol. The monoisotopic (exact) mass is 448 g/mol. The average Bonchev–Trinajstić information content (AvgIpc) is 2.84. The Kier molecular flexibility index (Phi) is 9.58. The van der Waals surface area contributed by atoms with Gasteiger partial charge in [-0.25, -0.2) is 14.4 Å². The highest BCUT2D eigenvalue weighted by Crippen LogP contribution is 2.27. The van der Waals surface area contributed by atoms with Gasteiger partial charge in [0, 0.05) is 24.6 Å². The molecule has 0 bridgehead atoms. The second-order valence-electron chi connectivity index (χ2n) is 8.30. The van der Waals surface area contributed by atoms with Gasteiger partial charge >= 0.3 is 0 Å². The summed E-state index contributed by atoms with van der Waals surface area (Å²) < 4.78 is 19.4. The molecule has 0 amide bonds. The lowest BCUT2D eigenvalue weighted by Gasteiger charge is -2.11. The van der Waals surface area contributed by atoms with E-state index < -0.39 is 5.82 Å². The van der Waals surface area contributed by atoms with Gasteiger partial charge in [-0.15, -0.1) is 0 Å². The van der Waals surface area contributed by atoms with Crippen LogP contribution in [0.3, 0.4) is 0 Å². The molecule has 0 spiro atoms. The van der Waals surface area contributed by atoms with Crippen LogP contribution in [0.2, 0.25) is 0 Å². The van der Waals surface area contributed by atoms with E-state index >= 15 is 0 Å². The van der Waals surface area contributed by atoms with E-state index in [9.17, 15) is 9.50 Å². The standard InChI is InChI=1S/C28H33FN2O2/c1-3-4-8-17-33-21(2)9-6-5-7-10-28-30-19-25(20-31-28)23-13-11-22(12-14-23)24-15-16-27(32)26(29)18-24/h7,10-16,18-21,32H,3-6,8-9,17H2,1-2H3/b10-7+. The molecule has 3 aromatic rings. The largest absolute Gasteiger partial charge is 0.505 e. The number of aromatic hydroxyl groups is 1. The summed E-state index contributed by atoms with van der Waals surface area (Å²) in [5.41, 5.74) is 3.50. The quantitative estimate of drug-likeness (QED) is 0.293. The lowest BCUT2D eigenvalue weighted by Crippen LogP contribution is -2.08. The van der Waals surface area contributed by atoms with Crippen LogP contribution in [0.25, 0.3) is 28.3 Å². The van der Waals surface area contributed by atoms with Crippen molar-refractivity contribution in [3.8, 4) is 28.0 Å². The molecule has 0 saturated carbocycles. The fraction of sp³-hybridized carbons (Fsp3) is 0.357. The van der Waals surface area contributed by atoms with E-state index in [0.717, 1.165) is 49.0 Å². The van der Waals surface area contributed by atoms with E-state index in [2.05, 4.69) is 29.9 Å². The Morgan fingerprint density at radius 2 is 1.61 bits per heavy atom. The van der Waals surface area contributed by atoms with Crippen LogP contribution in [0.5, 0.6) is 5.75 Å². The molecule has 1 atom stereocenters. The van der Waals surface area contributed by atoms with E-state index in [1.54, 1.807) is 6.07 Å². The summed E-state index contributed by atoms with van der Waals surface area (Å²) in [6, 6.07) is 12.1. The summed E-state index contributed by atoms with van der Waals surface area (Å²) in [5, 5.41) is 9.35. The lowest BCUT2D eigenvalue weighted by molar-refractivity contribution is 0.0566. The molecule has 4 nitrogen and oxygen atoms in total. The van der Waals surface area contributed by atoms with Crippen molar-refractivity contribution in [1.29, 1.82) is 0 Å². The Bertz CT molecular complexity index is 1020. The van der Waals surface area contributed by atoms with Gasteiger partial charge in [0.05, 0.1) is 6.10 Å². The molecule has 0 radical (unpaired) electrons. The highest BCUT2D eigenvalue weighted by atomic mass is 19.1. The Morgan fingerprint density at radius 3 is 2.27 bits per heavy atom. The highest BCUT2D eigenvalue weighted by Gasteiger charge is 2.05. The molecule has 1 unspecified atom stereocenters. The van der Waals surface area contributed by atoms with Gasteiger partial charge < -0.3 is 9.84 Å². The third kappa shape index (κ3) is 7.79. The van der Waals surface area contributed by atoms with Crippen LogP contribution >= 0.6 is 0 Å². The van der Waals surface area contributed by atoms with Crippen LogP contribution in [0.1, 0.15) is 58.2 Å². The number of benzene rings is 2. The zero-order valence-corrected chi connectivity index (χ0v) is 19.5. The Morgan fingerprint density at radius 1 is 0.939 bits per heavy atom. The maximum Gasteiger partial charge on any atom is 0.165 e. The van der Waals surface area contributed by atoms with Crippen molar-refractivity contribution in [3.63, 3.8) is 0 Å². The zero-order chi connectivity index (χ0) is 23.5. The topological polar surface area (TPSA) is 55.2 Å². The minimum absolute atomic E-state index is 0.310. The molecule has 0 saturated heterocycles. The highest BCUT2D eigenvalue weighted by molar-refractivity contribution is 5.70. The van der Waals surface area contributed by atoms with Crippen molar-refractivity contribution in [2.24, 2.45) is 0 Å². The Labute approximate surface area is 196 Å². The van der Waals surface area contributed by atoms with E-state index in [-0.39, 0.29) is 5.75 Å². The first-order valence-electron chi connectivity index (χ1n) is 11.8. The molecular formula is C28H33FN2O2. The van der Waals surface area contributed by atoms with Gasteiger partial charge in [0.15, 0.2) is 17.4 Å². The predicted molar refractivity (Wildman–Crippen MR) is 132 cm³/mol. The van der Waals surface area contributed by atoms with Gasteiger partial charge in [0.2, 0.25) is 0 Å². The molecule has 1 aromatic heterocycles. The molecule has 3 rings (SSSR count). The lowest BCUT2D eigenvalue weighted by atomic mass is 10.0. The molecule has 0 aliphatic rings. The summed E-state index contributed by atoms with van der Waals surface area (Å²) in [6.07, 6.45) is 14.7. The number of aromatic nitrogens is 2. The minimum atomic E-state index is -0.626. The third-order valence-electron chi connectivity index (χ3n) is 5.57. The first-order chi connectivity index (χ1) is 16.1. The first-order valence-corrected chi connectivity index (χ1v) is 11.8. The van der Waals surface area contributed by atoms with E-state index in [4.69, 9.17) is 4.74 Å². The Balaban J connectivity index is 1.47. The third-order valence-corrected chi connectivity index (χ3v) is 5.57. The fourth-order valence-corrected chi connectivity index (χ4v) is 3.55. The number of hydrogen-bond acceptors (Lipinski definition) is 4. The number of rotatable bonds is 12. The second kappa shape index (κ2) is 12.9.